The van der Waals surface area contributed by atoms with Gasteiger partial charge >= 0.3 is 0 Å². The molecule has 1 aromatic carbocycles. The number of carbonyl (C=O) groups excluding carboxylic acids is 1. The summed E-state index contributed by atoms with van der Waals surface area (Å²) in [6.45, 7) is 0.404. The van der Waals surface area contributed by atoms with Gasteiger partial charge < -0.3 is 10.0 Å². The van der Waals surface area contributed by atoms with Gasteiger partial charge in [0.1, 0.15) is 0 Å². The summed E-state index contributed by atoms with van der Waals surface area (Å²) in [6.07, 6.45) is 0.311. The third-order valence-electron chi connectivity index (χ3n) is 2.71. The number of rotatable bonds is 2. The smallest absolute Gasteiger partial charge is 0.227 e. The van der Waals surface area contributed by atoms with Gasteiger partial charge in [0.2, 0.25) is 5.91 Å². The van der Waals surface area contributed by atoms with Crippen LogP contribution in [0.2, 0.25) is 15.1 Å². The third kappa shape index (κ3) is 2.52. The molecule has 1 heterocycles. The maximum Gasteiger partial charge on any atom is 0.227 e. The van der Waals surface area contributed by atoms with Crippen LogP contribution in [0, 0.1) is 5.92 Å². The number of carbonyl (C=O) groups is 1. The molecule has 1 aliphatic heterocycles. The Kier molecular flexibility index (Phi) is 3.83. The van der Waals surface area contributed by atoms with E-state index in [1.54, 1.807) is 12.1 Å². The first-order chi connectivity index (χ1) is 8.02. The van der Waals surface area contributed by atoms with Crippen LogP contribution in [0.25, 0.3) is 0 Å². The van der Waals surface area contributed by atoms with Gasteiger partial charge in [0.15, 0.2) is 0 Å². The van der Waals surface area contributed by atoms with Gasteiger partial charge in [-0.3, -0.25) is 4.79 Å². The van der Waals surface area contributed by atoms with Crippen molar-refractivity contribution < 1.29 is 9.90 Å². The van der Waals surface area contributed by atoms with Gasteiger partial charge in [-0.2, -0.15) is 0 Å². The van der Waals surface area contributed by atoms with Gasteiger partial charge in [-0.25, -0.2) is 0 Å². The van der Waals surface area contributed by atoms with Crippen molar-refractivity contribution in [3.8, 4) is 0 Å². The molecule has 1 aliphatic rings. The zero-order chi connectivity index (χ0) is 12.6. The molecule has 0 aromatic heterocycles. The molecule has 3 nitrogen and oxygen atoms in total. The molecule has 1 fully saturated rings. The van der Waals surface area contributed by atoms with Gasteiger partial charge in [-0.15, -0.1) is 0 Å². The lowest BCUT2D eigenvalue weighted by Crippen LogP contribution is -2.25. The first-order valence-electron chi connectivity index (χ1n) is 5.08. The second-order valence-corrected chi connectivity index (χ2v) is 5.23. The quantitative estimate of drug-likeness (QED) is 0.911. The number of aliphatic hydroxyl groups is 1. The highest BCUT2D eigenvalue weighted by Crippen LogP contribution is 2.39. The number of benzene rings is 1. The molecule has 1 aromatic rings. The first kappa shape index (κ1) is 13.0. The standard InChI is InChI=1S/C11H10Cl3NO2/c12-7-2-8(13)11(9(14)3-7)15-4-6(5-16)1-10(15)17/h2-3,6,16H,1,4-5H2. The topological polar surface area (TPSA) is 40.5 Å². The summed E-state index contributed by atoms with van der Waals surface area (Å²) in [5.74, 6) is -0.152. The molecule has 0 radical (unpaired) electrons. The van der Waals surface area contributed by atoms with Crippen LogP contribution in [0.1, 0.15) is 6.42 Å². The summed E-state index contributed by atoms with van der Waals surface area (Å²) in [6, 6.07) is 3.09. The Balaban J connectivity index is 2.38. The molecule has 1 saturated heterocycles. The number of halogens is 3. The minimum absolute atomic E-state index is 0.0228. The lowest BCUT2D eigenvalue weighted by Gasteiger charge is -2.19. The van der Waals surface area contributed by atoms with Crippen LogP contribution in [0.15, 0.2) is 12.1 Å². The second-order valence-electron chi connectivity index (χ2n) is 3.98. The average molecular weight is 295 g/mol. The van der Waals surface area contributed by atoms with Crippen molar-refractivity contribution >= 4 is 46.4 Å². The largest absolute Gasteiger partial charge is 0.396 e. The molecule has 6 heteroatoms. The van der Waals surface area contributed by atoms with E-state index in [9.17, 15) is 4.79 Å². The number of hydrogen-bond donors (Lipinski definition) is 1. The third-order valence-corrected chi connectivity index (χ3v) is 3.51. The molecule has 1 amide bonds. The van der Waals surface area contributed by atoms with Crippen LogP contribution in [-0.2, 0) is 4.79 Å². The number of nitrogens with zero attached hydrogens (tertiary/aromatic N) is 1. The Morgan fingerprint density at radius 1 is 1.29 bits per heavy atom. The molecule has 2 rings (SSSR count). The van der Waals surface area contributed by atoms with Crippen LogP contribution < -0.4 is 4.90 Å². The minimum atomic E-state index is -0.0878. The second kappa shape index (κ2) is 5.02. The highest BCUT2D eigenvalue weighted by atomic mass is 35.5. The molecule has 1 N–H and O–H groups in total. The van der Waals surface area contributed by atoms with E-state index >= 15 is 0 Å². The molecule has 0 aliphatic carbocycles. The summed E-state index contributed by atoms with van der Waals surface area (Å²) in [5, 5.41) is 10.2. The van der Waals surface area contributed by atoms with Crippen molar-refractivity contribution in [1.29, 1.82) is 0 Å². The van der Waals surface area contributed by atoms with E-state index in [0.29, 0.717) is 33.7 Å². The van der Waals surface area contributed by atoms with E-state index in [4.69, 9.17) is 39.9 Å². The van der Waals surface area contributed by atoms with Crippen molar-refractivity contribution in [3.63, 3.8) is 0 Å². The lowest BCUT2D eigenvalue weighted by atomic mass is 10.1. The van der Waals surface area contributed by atoms with E-state index in [1.807, 2.05) is 0 Å². The minimum Gasteiger partial charge on any atom is -0.396 e. The molecular formula is C11H10Cl3NO2. The Hall–Kier alpha value is -0.480. The predicted octanol–water partition coefficient (Wildman–Crippen LogP) is 2.99. The van der Waals surface area contributed by atoms with Crippen LogP contribution in [0.4, 0.5) is 5.69 Å². The van der Waals surface area contributed by atoms with Gasteiger partial charge in [-0.05, 0) is 12.1 Å². The summed E-state index contributed by atoms with van der Waals surface area (Å²) >= 11 is 17.9. The normalized spacial score (nSPS) is 20.1. The van der Waals surface area contributed by atoms with Crippen molar-refractivity contribution in [2.24, 2.45) is 5.92 Å². The van der Waals surface area contributed by atoms with Crippen LogP contribution in [0.5, 0.6) is 0 Å². The molecule has 1 atom stereocenters. The SMILES string of the molecule is O=C1CC(CO)CN1c1c(Cl)cc(Cl)cc1Cl. The van der Waals surface area contributed by atoms with Crippen LogP contribution >= 0.6 is 34.8 Å². The van der Waals surface area contributed by atoms with E-state index in [0.717, 1.165) is 0 Å². The molecule has 92 valence electrons. The van der Waals surface area contributed by atoms with E-state index in [2.05, 4.69) is 0 Å². The lowest BCUT2D eigenvalue weighted by molar-refractivity contribution is -0.117. The van der Waals surface area contributed by atoms with Crippen LogP contribution in [-0.4, -0.2) is 24.2 Å². The summed E-state index contributed by atoms with van der Waals surface area (Å²) < 4.78 is 0. The molecule has 17 heavy (non-hydrogen) atoms. The number of hydrogen-bond acceptors (Lipinski definition) is 2. The predicted molar refractivity (Wildman–Crippen MR) is 69.0 cm³/mol. The number of anilines is 1. The van der Waals surface area contributed by atoms with Crippen molar-refractivity contribution in [2.75, 3.05) is 18.1 Å². The monoisotopic (exact) mass is 293 g/mol. The molecular weight excluding hydrogens is 284 g/mol. The van der Waals surface area contributed by atoms with E-state index in [-0.39, 0.29) is 18.4 Å². The van der Waals surface area contributed by atoms with E-state index < -0.39 is 0 Å². The highest BCUT2D eigenvalue weighted by Gasteiger charge is 2.32. The van der Waals surface area contributed by atoms with Gasteiger partial charge in [-0.1, -0.05) is 34.8 Å². The zero-order valence-electron chi connectivity index (χ0n) is 8.79. The summed E-state index contributed by atoms with van der Waals surface area (Å²) in [4.78, 5) is 13.3. The number of amides is 1. The Labute approximate surface area is 114 Å². The fraction of sp³-hybridized carbons (Fsp3) is 0.364. The van der Waals surface area contributed by atoms with Gasteiger partial charge in [0, 0.05) is 30.5 Å². The number of aliphatic hydroxyl groups excluding tert-OH is 1. The maximum atomic E-state index is 11.8. The maximum absolute atomic E-state index is 11.8. The van der Waals surface area contributed by atoms with E-state index in [1.165, 1.54) is 4.90 Å². The highest BCUT2D eigenvalue weighted by molar-refractivity contribution is 6.42. The van der Waals surface area contributed by atoms with Crippen LogP contribution in [0.3, 0.4) is 0 Å². The Morgan fingerprint density at radius 3 is 2.35 bits per heavy atom. The van der Waals surface area contributed by atoms with Crippen molar-refractivity contribution in [3.05, 3.63) is 27.2 Å². The average Bonchev–Trinajstić information content (AvgIpc) is 2.59. The Bertz CT molecular complexity index is 441. The fourth-order valence-electron chi connectivity index (χ4n) is 1.91. The molecule has 1 unspecified atom stereocenters. The van der Waals surface area contributed by atoms with Gasteiger partial charge in [0.05, 0.1) is 15.7 Å². The molecule has 0 saturated carbocycles. The Morgan fingerprint density at radius 2 is 1.88 bits per heavy atom. The van der Waals surface area contributed by atoms with Crippen molar-refractivity contribution in [1.82, 2.24) is 0 Å². The zero-order valence-corrected chi connectivity index (χ0v) is 11.1. The van der Waals surface area contributed by atoms with Gasteiger partial charge in [0.25, 0.3) is 0 Å². The summed E-state index contributed by atoms with van der Waals surface area (Å²) in [7, 11) is 0. The fourth-order valence-corrected chi connectivity index (χ4v) is 2.93. The first-order valence-corrected chi connectivity index (χ1v) is 6.22. The van der Waals surface area contributed by atoms with Crippen molar-refractivity contribution in [2.45, 2.75) is 6.42 Å². The molecule has 0 spiro atoms. The summed E-state index contributed by atoms with van der Waals surface area (Å²) in [5.41, 5.74) is 0.471. The molecule has 0 bridgehead atoms.